The molecule has 4 heterocycles. The van der Waals surface area contributed by atoms with Gasteiger partial charge in [-0.1, -0.05) is 12.2 Å². The lowest BCUT2D eigenvalue weighted by atomic mass is 9.96. The number of anilines is 1. The predicted octanol–water partition coefficient (Wildman–Crippen LogP) is -0.128. The van der Waals surface area contributed by atoms with Crippen LogP contribution in [0.3, 0.4) is 0 Å². The van der Waals surface area contributed by atoms with Crippen LogP contribution in [0.15, 0.2) is 18.6 Å². The summed E-state index contributed by atoms with van der Waals surface area (Å²) in [6.45, 7) is 1.79. The van der Waals surface area contributed by atoms with E-state index in [4.69, 9.17) is 4.74 Å². The molecule has 0 radical (unpaired) electrons. The van der Waals surface area contributed by atoms with Crippen molar-refractivity contribution in [2.45, 2.75) is 31.0 Å². The highest BCUT2D eigenvalue weighted by Crippen LogP contribution is 2.41. The van der Waals surface area contributed by atoms with Gasteiger partial charge in [0.1, 0.15) is 35.6 Å². The van der Waals surface area contributed by atoms with Gasteiger partial charge in [-0.2, -0.15) is 0 Å². The number of aromatic nitrogens is 3. The van der Waals surface area contributed by atoms with Crippen molar-refractivity contribution in [3.63, 3.8) is 0 Å². The largest absolute Gasteiger partial charge is 0.394 e. The summed E-state index contributed by atoms with van der Waals surface area (Å²) in [5.41, 5.74) is -0.0507. The van der Waals surface area contributed by atoms with Crippen molar-refractivity contribution >= 4 is 22.9 Å². The van der Waals surface area contributed by atoms with E-state index in [1.54, 1.807) is 4.57 Å². The van der Waals surface area contributed by atoms with Crippen molar-refractivity contribution in [1.82, 2.24) is 14.5 Å². The molecule has 4 rings (SSSR count). The maximum absolute atomic E-state index is 10.7. The number of hydrogen-bond acceptors (Lipinski definition) is 7. The van der Waals surface area contributed by atoms with Crippen LogP contribution in [-0.4, -0.2) is 60.8 Å². The molecule has 1 fully saturated rings. The Balaban J connectivity index is 1.90. The van der Waals surface area contributed by atoms with Crippen LogP contribution in [0.25, 0.3) is 17.1 Å². The van der Waals surface area contributed by atoms with Gasteiger partial charge in [-0.25, -0.2) is 9.97 Å². The Morgan fingerprint density at radius 1 is 1.48 bits per heavy atom. The van der Waals surface area contributed by atoms with E-state index in [0.717, 1.165) is 10.9 Å². The van der Waals surface area contributed by atoms with Crippen molar-refractivity contribution in [3.05, 3.63) is 24.2 Å². The molecular formula is C15H18N4O4. The molecule has 2 aromatic rings. The maximum Gasteiger partial charge on any atom is 0.167 e. The number of hydrogen-bond donors (Lipinski definition) is 4. The second-order valence-corrected chi connectivity index (χ2v) is 6.08. The molecular weight excluding hydrogens is 300 g/mol. The van der Waals surface area contributed by atoms with Crippen LogP contribution in [0.5, 0.6) is 0 Å². The number of ether oxygens (including phenoxy) is 1. The minimum atomic E-state index is -1.55. The van der Waals surface area contributed by atoms with Crippen LogP contribution in [-0.2, 0) is 4.74 Å². The highest BCUT2D eigenvalue weighted by molar-refractivity contribution is 5.96. The fourth-order valence-corrected chi connectivity index (χ4v) is 3.28. The van der Waals surface area contributed by atoms with Gasteiger partial charge < -0.3 is 29.9 Å². The van der Waals surface area contributed by atoms with E-state index in [1.165, 1.54) is 13.3 Å². The zero-order chi connectivity index (χ0) is 16.2. The Bertz CT molecular complexity index is 785. The van der Waals surface area contributed by atoms with Gasteiger partial charge in [-0.15, -0.1) is 0 Å². The summed E-state index contributed by atoms with van der Waals surface area (Å²) >= 11 is 0. The molecule has 0 bridgehead atoms. The number of rotatable bonds is 2. The first-order chi connectivity index (χ1) is 11.0. The van der Waals surface area contributed by atoms with Crippen LogP contribution in [0, 0.1) is 0 Å². The number of nitrogens with zero attached hydrogens (tertiary/aromatic N) is 3. The Hall–Kier alpha value is -2.00. The minimum absolute atomic E-state index is 0.373. The SMILES string of the molecule is C[C@]1(O)C(n2cc3c4c(ncnc42)NCC=C3)O[C@H](CO)[C@H]1O. The third-order valence-corrected chi connectivity index (χ3v) is 4.51. The van der Waals surface area contributed by atoms with Crippen LogP contribution in [0.1, 0.15) is 18.7 Å². The van der Waals surface area contributed by atoms with E-state index in [1.807, 2.05) is 18.3 Å². The molecule has 2 aromatic heterocycles. The fraction of sp³-hybridized carbons (Fsp3) is 0.467. The standard InChI is InChI=1S/C15H18N4O4/c1-15(22)11(21)9(6-20)23-14(15)19-5-8-3-2-4-16-12-10(8)13(19)18-7-17-12/h2-3,5,7,9,11,14,20-22H,4,6H2,1H3,(H,16,17,18)/t9-,11-,14?,15-/m1/s1. The van der Waals surface area contributed by atoms with E-state index >= 15 is 0 Å². The lowest BCUT2D eigenvalue weighted by Crippen LogP contribution is -2.44. The lowest BCUT2D eigenvalue weighted by Gasteiger charge is -2.27. The molecule has 122 valence electrons. The van der Waals surface area contributed by atoms with Crippen LogP contribution < -0.4 is 5.32 Å². The molecule has 0 aromatic carbocycles. The fourth-order valence-electron chi connectivity index (χ4n) is 3.28. The minimum Gasteiger partial charge on any atom is -0.394 e. The molecule has 2 aliphatic rings. The maximum atomic E-state index is 10.7. The van der Waals surface area contributed by atoms with Crippen LogP contribution in [0.4, 0.5) is 5.82 Å². The Morgan fingerprint density at radius 3 is 3.04 bits per heavy atom. The van der Waals surface area contributed by atoms with E-state index < -0.39 is 24.0 Å². The third kappa shape index (κ3) is 1.99. The lowest BCUT2D eigenvalue weighted by molar-refractivity contribution is -0.0948. The Labute approximate surface area is 132 Å². The van der Waals surface area contributed by atoms with Gasteiger partial charge in [0.15, 0.2) is 6.23 Å². The Kier molecular flexibility index (Phi) is 3.17. The van der Waals surface area contributed by atoms with Gasteiger partial charge in [0, 0.05) is 18.3 Å². The zero-order valence-electron chi connectivity index (χ0n) is 12.5. The summed E-state index contributed by atoms with van der Waals surface area (Å²) in [6.07, 6.45) is 4.29. The van der Waals surface area contributed by atoms with Crippen molar-refractivity contribution < 1.29 is 20.1 Å². The highest BCUT2D eigenvalue weighted by Gasteiger charge is 2.53. The molecule has 0 amide bonds. The summed E-state index contributed by atoms with van der Waals surface area (Å²) in [5.74, 6) is 0.714. The van der Waals surface area contributed by atoms with Gasteiger partial charge in [0.25, 0.3) is 0 Å². The molecule has 23 heavy (non-hydrogen) atoms. The van der Waals surface area contributed by atoms with Crippen molar-refractivity contribution in [2.24, 2.45) is 0 Å². The summed E-state index contributed by atoms with van der Waals surface area (Å²) in [7, 11) is 0. The van der Waals surface area contributed by atoms with E-state index in [0.29, 0.717) is 18.0 Å². The molecule has 4 N–H and O–H groups in total. The van der Waals surface area contributed by atoms with Crippen LogP contribution in [0.2, 0.25) is 0 Å². The monoisotopic (exact) mass is 318 g/mol. The van der Waals surface area contributed by atoms with Crippen molar-refractivity contribution in [3.8, 4) is 0 Å². The third-order valence-electron chi connectivity index (χ3n) is 4.51. The van der Waals surface area contributed by atoms with Gasteiger partial charge in [-0.3, -0.25) is 0 Å². The van der Waals surface area contributed by atoms with Gasteiger partial charge in [-0.05, 0) is 6.92 Å². The molecule has 0 spiro atoms. The van der Waals surface area contributed by atoms with E-state index in [2.05, 4.69) is 15.3 Å². The smallest absolute Gasteiger partial charge is 0.167 e. The number of aliphatic hydroxyl groups is 3. The summed E-state index contributed by atoms with van der Waals surface area (Å²) < 4.78 is 7.38. The summed E-state index contributed by atoms with van der Waals surface area (Å²) in [4.78, 5) is 8.57. The Morgan fingerprint density at radius 2 is 2.30 bits per heavy atom. The van der Waals surface area contributed by atoms with E-state index in [-0.39, 0.29) is 6.61 Å². The second kappa shape index (κ2) is 5.00. The first kappa shape index (κ1) is 14.6. The van der Waals surface area contributed by atoms with Gasteiger partial charge >= 0.3 is 0 Å². The average Bonchev–Trinajstić information content (AvgIpc) is 2.90. The molecule has 1 unspecified atom stereocenters. The molecule has 1 saturated heterocycles. The quantitative estimate of drug-likeness (QED) is 0.610. The van der Waals surface area contributed by atoms with Crippen molar-refractivity contribution in [2.75, 3.05) is 18.5 Å². The van der Waals surface area contributed by atoms with E-state index in [9.17, 15) is 15.3 Å². The van der Waals surface area contributed by atoms with Gasteiger partial charge in [0.05, 0.1) is 12.0 Å². The van der Waals surface area contributed by atoms with Crippen LogP contribution >= 0.6 is 0 Å². The average molecular weight is 318 g/mol. The zero-order valence-corrected chi connectivity index (χ0v) is 12.5. The number of aliphatic hydroxyl groups excluding tert-OH is 2. The molecule has 4 atom stereocenters. The first-order valence-corrected chi connectivity index (χ1v) is 7.46. The predicted molar refractivity (Wildman–Crippen MR) is 82.7 cm³/mol. The normalized spacial score (nSPS) is 33.0. The van der Waals surface area contributed by atoms with Gasteiger partial charge in [0.2, 0.25) is 0 Å². The van der Waals surface area contributed by atoms with Crippen molar-refractivity contribution in [1.29, 1.82) is 0 Å². The molecule has 0 aliphatic carbocycles. The molecule has 8 nitrogen and oxygen atoms in total. The molecule has 0 saturated carbocycles. The molecule has 8 heteroatoms. The highest BCUT2D eigenvalue weighted by atomic mass is 16.6. The first-order valence-electron chi connectivity index (χ1n) is 7.46. The number of nitrogens with one attached hydrogen (secondary N) is 1. The summed E-state index contributed by atoms with van der Waals surface area (Å²) in [5, 5.41) is 34.2. The topological polar surface area (TPSA) is 113 Å². The second-order valence-electron chi connectivity index (χ2n) is 6.08. The molecule has 2 aliphatic heterocycles. The summed E-state index contributed by atoms with van der Waals surface area (Å²) in [6, 6.07) is 0.